The maximum absolute atomic E-state index is 12.9. The normalized spacial score (nSPS) is 13.1. The van der Waals surface area contributed by atoms with E-state index in [9.17, 15) is 14.4 Å². The second-order valence-corrected chi connectivity index (χ2v) is 20.9. The van der Waals surface area contributed by atoms with Crippen molar-refractivity contribution in [1.29, 1.82) is 0 Å². The Morgan fingerprint density at radius 1 is 0.266 bits per heavy atom. The van der Waals surface area contributed by atoms with Gasteiger partial charge in [0.2, 0.25) is 0 Å². The largest absolute Gasteiger partial charge is 0.462 e. The minimum absolute atomic E-state index is 0.102. The summed E-state index contributed by atoms with van der Waals surface area (Å²) in [5.74, 6) is -0.948. The van der Waals surface area contributed by atoms with Crippen molar-refractivity contribution in [2.75, 3.05) is 13.2 Å². The Morgan fingerprint density at radius 2 is 0.519 bits per heavy atom. The minimum Gasteiger partial charge on any atom is -0.462 e. The van der Waals surface area contributed by atoms with Gasteiger partial charge in [0.25, 0.3) is 0 Å². The van der Waals surface area contributed by atoms with Gasteiger partial charge in [0.05, 0.1) is 0 Å². The number of ether oxygens (including phenoxy) is 3. The van der Waals surface area contributed by atoms with Gasteiger partial charge in [0.15, 0.2) is 6.10 Å². The van der Waals surface area contributed by atoms with Gasteiger partial charge in [-0.15, -0.1) is 0 Å². The molecule has 0 rings (SSSR count). The Balaban J connectivity index is 4.43. The van der Waals surface area contributed by atoms with Gasteiger partial charge in [0, 0.05) is 19.3 Å². The van der Waals surface area contributed by atoms with Gasteiger partial charge in [0.1, 0.15) is 13.2 Å². The van der Waals surface area contributed by atoms with Crippen LogP contribution in [0.15, 0.2) is 146 Å². The molecule has 0 aliphatic rings. The zero-order valence-electron chi connectivity index (χ0n) is 51.1. The Labute approximate surface area is 487 Å². The van der Waals surface area contributed by atoms with Gasteiger partial charge in [-0.25, -0.2) is 0 Å². The molecule has 0 saturated heterocycles. The van der Waals surface area contributed by atoms with Crippen molar-refractivity contribution in [1.82, 2.24) is 0 Å². The standard InChI is InChI=1S/C73H118O6/c1-4-7-10-13-16-19-22-25-27-29-31-33-34-35-36-37-38-40-41-43-45-48-51-54-57-60-63-66-72(75)78-69-70(68-77-71(74)65-62-59-56-53-50-47-24-21-18-15-12-9-6-3)79-73(76)67-64-61-58-55-52-49-46-44-42-39-32-30-28-26-23-20-17-14-11-8-5-2/h7,10,12,15-16,19,21,23-27,30-33,35-36,38,40,42-45,70H,4-6,8-9,11,13-14,17-18,20,22,28-29,34,37,39,41,46-69H2,1-3H3/b10-7-,15-12-,19-16-,24-21-,26-23-,27-25-,32-30-,33-31-,36-35-,40-38-,44-42-,45-43-. The first-order valence-corrected chi connectivity index (χ1v) is 32.3. The van der Waals surface area contributed by atoms with E-state index in [1.165, 1.54) is 57.8 Å². The molecule has 0 heterocycles. The quantitative estimate of drug-likeness (QED) is 0.0261. The van der Waals surface area contributed by atoms with Crippen LogP contribution in [0.4, 0.5) is 0 Å². The molecule has 0 radical (unpaired) electrons. The predicted molar refractivity (Wildman–Crippen MR) is 343 cm³/mol. The highest BCUT2D eigenvalue weighted by Gasteiger charge is 2.19. The van der Waals surface area contributed by atoms with Crippen molar-refractivity contribution in [2.24, 2.45) is 0 Å². The summed E-state index contributed by atoms with van der Waals surface area (Å²) in [5.41, 5.74) is 0. The average Bonchev–Trinajstić information content (AvgIpc) is 3.45. The summed E-state index contributed by atoms with van der Waals surface area (Å²) in [6.07, 6.45) is 94.2. The highest BCUT2D eigenvalue weighted by atomic mass is 16.6. The first kappa shape index (κ1) is 74.3. The topological polar surface area (TPSA) is 78.9 Å². The van der Waals surface area contributed by atoms with Gasteiger partial charge < -0.3 is 14.2 Å². The smallest absolute Gasteiger partial charge is 0.306 e. The van der Waals surface area contributed by atoms with Gasteiger partial charge in [-0.2, -0.15) is 0 Å². The van der Waals surface area contributed by atoms with E-state index in [1.807, 2.05) is 0 Å². The summed E-state index contributed by atoms with van der Waals surface area (Å²) in [6, 6.07) is 0. The molecular formula is C73H118O6. The van der Waals surface area contributed by atoms with E-state index in [-0.39, 0.29) is 31.1 Å². The van der Waals surface area contributed by atoms with E-state index in [4.69, 9.17) is 14.2 Å². The number of esters is 3. The van der Waals surface area contributed by atoms with Gasteiger partial charge >= 0.3 is 17.9 Å². The van der Waals surface area contributed by atoms with E-state index >= 15 is 0 Å². The van der Waals surface area contributed by atoms with Crippen LogP contribution >= 0.6 is 0 Å². The van der Waals surface area contributed by atoms with Crippen LogP contribution in [-0.2, 0) is 28.6 Å². The molecule has 1 unspecified atom stereocenters. The summed E-state index contributed by atoms with van der Waals surface area (Å²) >= 11 is 0. The van der Waals surface area contributed by atoms with E-state index in [2.05, 4.69) is 167 Å². The Kier molecular flexibility index (Phi) is 61.9. The molecule has 0 aliphatic carbocycles. The summed E-state index contributed by atoms with van der Waals surface area (Å²) in [7, 11) is 0. The lowest BCUT2D eigenvalue weighted by atomic mass is 10.1. The van der Waals surface area contributed by atoms with Crippen LogP contribution < -0.4 is 0 Å². The van der Waals surface area contributed by atoms with Crippen LogP contribution in [0.25, 0.3) is 0 Å². The molecule has 446 valence electrons. The first-order chi connectivity index (χ1) is 39.0. The third kappa shape index (κ3) is 64.0. The number of allylic oxidation sites excluding steroid dienone is 24. The van der Waals surface area contributed by atoms with Crippen LogP contribution in [0.5, 0.6) is 0 Å². The number of carbonyl (C=O) groups is 3. The molecule has 0 aromatic rings. The molecule has 0 aromatic carbocycles. The van der Waals surface area contributed by atoms with Crippen molar-refractivity contribution in [3.63, 3.8) is 0 Å². The Bertz CT molecular complexity index is 1730. The monoisotopic (exact) mass is 1090 g/mol. The minimum atomic E-state index is -0.807. The van der Waals surface area contributed by atoms with Crippen LogP contribution in [0.3, 0.4) is 0 Å². The Morgan fingerprint density at radius 3 is 0.823 bits per heavy atom. The fourth-order valence-electron chi connectivity index (χ4n) is 8.47. The zero-order chi connectivity index (χ0) is 57.1. The van der Waals surface area contributed by atoms with Crippen molar-refractivity contribution < 1.29 is 28.6 Å². The Hall–Kier alpha value is -4.71. The van der Waals surface area contributed by atoms with Crippen LogP contribution in [0, 0.1) is 0 Å². The molecule has 0 aliphatic heterocycles. The third-order valence-corrected chi connectivity index (χ3v) is 13.3. The number of hydrogen-bond donors (Lipinski definition) is 0. The highest BCUT2D eigenvalue weighted by Crippen LogP contribution is 2.14. The second-order valence-electron chi connectivity index (χ2n) is 20.9. The highest BCUT2D eigenvalue weighted by molar-refractivity contribution is 5.71. The maximum atomic E-state index is 12.9. The number of unbranched alkanes of at least 4 members (excludes halogenated alkanes) is 22. The van der Waals surface area contributed by atoms with Crippen molar-refractivity contribution in [3.05, 3.63) is 146 Å². The maximum Gasteiger partial charge on any atom is 0.306 e. The molecule has 1 atom stereocenters. The molecular weight excluding hydrogens is 973 g/mol. The molecule has 0 spiro atoms. The number of hydrogen-bond acceptors (Lipinski definition) is 6. The molecule has 0 bridgehead atoms. The lowest BCUT2D eigenvalue weighted by molar-refractivity contribution is -0.167. The van der Waals surface area contributed by atoms with Crippen molar-refractivity contribution in [3.8, 4) is 0 Å². The van der Waals surface area contributed by atoms with Crippen molar-refractivity contribution in [2.45, 2.75) is 284 Å². The van der Waals surface area contributed by atoms with E-state index in [1.54, 1.807) is 0 Å². The SMILES string of the molecule is CC/C=C\C/C=C\C/C=C\C/C=C\C/C=C\C/C=C\C/C=C\CCCCCCCC(=O)OCC(COC(=O)CCCCCCC/C=C\C/C=C\CCC)OC(=O)CCCCCCCC/C=C\C/C=C\C/C=C\CCCCCCC. The molecule has 0 fully saturated rings. The zero-order valence-corrected chi connectivity index (χ0v) is 51.1. The van der Waals surface area contributed by atoms with E-state index < -0.39 is 6.10 Å². The van der Waals surface area contributed by atoms with Gasteiger partial charge in [-0.3, -0.25) is 14.4 Å². The summed E-state index contributed by atoms with van der Waals surface area (Å²) in [4.78, 5) is 38.3. The molecule has 0 aromatic heterocycles. The molecule has 6 heteroatoms. The molecule has 0 N–H and O–H groups in total. The lowest BCUT2D eigenvalue weighted by Gasteiger charge is -2.18. The molecule has 79 heavy (non-hydrogen) atoms. The van der Waals surface area contributed by atoms with E-state index in [0.717, 1.165) is 180 Å². The lowest BCUT2D eigenvalue weighted by Crippen LogP contribution is -2.30. The van der Waals surface area contributed by atoms with E-state index in [0.29, 0.717) is 19.3 Å². The second kappa shape index (κ2) is 65.8. The number of rotatable bonds is 57. The van der Waals surface area contributed by atoms with Crippen molar-refractivity contribution >= 4 is 17.9 Å². The van der Waals surface area contributed by atoms with Crippen LogP contribution in [0.1, 0.15) is 278 Å². The summed E-state index contributed by atoms with van der Waals surface area (Å²) in [6.45, 7) is 6.41. The summed E-state index contributed by atoms with van der Waals surface area (Å²) in [5, 5.41) is 0. The van der Waals surface area contributed by atoms with Crippen LogP contribution in [0.2, 0.25) is 0 Å². The van der Waals surface area contributed by atoms with Gasteiger partial charge in [-0.1, -0.05) is 263 Å². The molecule has 6 nitrogen and oxygen atoms in total. The fourth-order valence-corrected chi connectivity index (χ4v) is 8.47. The van der Waals surface area contributed by atoms with Crippen LogP contribution in [-0.4, -0.2) is 37.2 Å². The third-order valence-electron chi connectivity index (χ3n) is 13.3. The predicted octanol–water partition coefficient (Wildman–Crippen LogP) is 22.3. The molecule has 0 amide bonds. The molecule has 0 saturated carbocycles. The first-order valence-electron chi connectivity index (χ1n) is 32.3. The summed E-state index contributed by atoms with van der Waals surface area (Å²) < 4.78 is 16.9. The number of carbonyl (C=O) groups excluding carboxylic acids is 3. The fraction of sp³-hybridized carbons (Fsp3) is 0.630. The average molecular weight is 1090 g/mol. The van der Waals surface area contributed by atoms with Gasteiger partial charge in [-0.05, 0) is 141 Å².